The Labute approximate surface area is 93.9 Å². The van der Waals surface area contributed by atoms with Gasteiger partial charge in [-0.25, -0.2) is 0 Å². The van der Waals surface area contributed by atoms with Crippen LogP contribution in [0.1, 0.15) is 32.1 Å². The van der Waals surface area contributed by atoms with Gasteiger partial charge >= 0.3 is 0 Å². The van der Waals surface area contributed by atoms with E-state index in [1.807, 2.05) is 7.05 Å². The standard InChI is InChI=1S/C12H26N2O/c1-13-12(7-8-15)10-14(2)9-11-5-3-4-6-11/h11-13,15H,3-10H2,1-2H3. The van der Waals surface area contributed by atoms with Crippen molar-refractivity contribution in [2.75, 3.05) is 33.8 Å². The summed E-state index contributed by atoms with van der Waals surface area (Å²) in [6.45, 7) is 2.56. The number of nitrogens with one attached hydrogen (secondary N) is 1. The molecule has 0 aromatic carbocycles. The van der Waals surface area contributed by atoms with E-state index >= 15 is 0 Å². The molecule has 0 aliphatic heterocycles. The molecule has 1 fully saturated rings. The second-order valence-electron chi connectivity index (χ2n) is 4.87. The molecule has 0 radical (unpaired) electrons. The predicted octanol–water partition coefficient (Wildman–Crippen LogP) is 1.08. The van der Waals surface area contributed by atoms with Gasteiger partial charge in [-0.05, 0) is 39.3 Å². The molecule has 0 aromatic heterocycles. The summed E-state index contributed by atoms with van der Waals surface area (Å²) in [6, 6.07) is 0.432. The summed E-state index contributed by atoms with van der Waals surface area (Å²) in [6.07, 6.45) is 6.52. The van der Waals surface area contributed by atoms with Crippen LogP contribution in [0.4, 0.5) is 0 Å². The summed E-state index contributed by atoms with van der Waals surface area (Å²) in [4.78, 5) is 2.41. The van der Waals surface area contributed by atoms with Crippen molar-refractivity contribution in [3.8, 4) is 0 Å². The van der Waals surface area contributed by atoms with E-state index in [9.17, 15) is 0 Å². The lowest BCUT2D eigenvalue weighted by Gasteiger charge is -2.25. The molecule has 1 aliphatic rings. The van der Waals surface area contributed by atoms with Crippen LogP contribution in [0, 0.1) is 5.92 Å². The van der Waals surface area contributed by atoms with E-state index in [4.69, 9.17) is 5.11 Å². The second-order valence-corrected chi connectivity index (χ2v) is 4.87. The molecule has 2 N–H and O–H groups in total. The molecule has 3 nitrogen and oxygen atoms in total. The molecule has 1 saturated carbocycles. The molecule has 0 saturated heterocycles. The van der Waals surface area contributed by atoms with Gasteiger partial charge in [-0.15, -0.1) is 0 Å². The Morgan fingerprint density at radius 1 is 1.40 bits per heavy atom. The third-order valence-electron chi connectivity index (χ3n) is 3.46. The van der Waals surface area contributed by atoms with Crippen LogP contribution >= 0.6 is 0 Å². The smallest absolute Gasteiger partial charge is 0.0446 e. The van der Waals surface area contributed by atoms with Crippen LogP contribution in [0.2, 0.25) is 0 Å². The number of aliphatic hydroxyl groups is 1. The Balaban J connectivity index is 2.17. The van der Waals surface area contributed by atoms with E-state index in [2.05, 4.69) is 17.3 Å². The minimum Gasteiger partial charge on any atom is -0.396 e. The van der Waals surface area contributed by atoms with Crippen molar-refractivity contribution < 1.29 is 5.11 Å². The molecule has 1 aliphatic carbocycles. The Morgan fingerprint density at radius 3 is 2.60 bits per heavy atom. The maximum atomic E-state index is 8.91. The molecule has 0 bridgehead atoms. The van der Waals surface area contributed by atoms with Crippen LogP contribution in [0.3, 0.4) is 0 Å². The van der Waals surface area contributed by atoms with Crippen LogP contribution in [-0.2, 0) is 0 Å². The van der Waals surface area contributed by atoms with Crippen LogP contribution in [0.15, 0.2) is 0 Å². The normalized spacial score (nSPS) is 20.0. The fourth-order valence-corrected chi connectivity index (χ4v) is 2.57. The van der Waals surface area contributed by atoms with Gasteiger partial charge in [0.25, 0.3) is 0 Å². The monoisotopic (exact) mass is 214 g/mol. The van der Waals surface area contributed by atoms with E-state index in [-0.39, 0.29) is 6.61 Å². The minimum atomic E-state index is 0.281. The number of aliphatic hydroxyl groups excluding tert-OH is 1. The molecule has 0 amide bonds. The maximum Gasteiger partial charge on any atom is 0.0446 e. The topological polar surface area (TPSA) is 35.5 Å². The number of hydrogen-bond acceptors (Lipinski definition) is 3. The molecule has 1 atom stereocenters. The van der Waals surface area contributed by atoms with E-state index < -0.39 is 0 Å². The van der Waals surface area contributed by atoms with Crippen molar-refractivity contribution >= 4 is 0 Å². The van der Waals surface area contributed by atoms with E-state index in [1.54, 1.807) is 0 Å². The molecule has 0 heterocycles. The third kappa shape index (κ3) is 4.96. The predicted molar refractivity (Wildman–Crippen MR) is 64.0 cm³/mol. The lowest BCUT2D eigenvalue weighted by atomic mass is 10.1. The Hall–Kier alpha value is -0.120. The van der Waals surface area contributed by atoms with Gasteiger partial charge in [0.2, 0.25) is 0 Å². The van der Waals surface area contributed by atoms with E-state index in [0.29, 0.717) is 6.04 Å². The Kier molecular flexibility index (Phi) is 6.22. The van der Waals surface area contributed by atoms with Crippen LogP contribution in [0.5, 0.6) is 0 Å². The van der Waals surface area contributed by atoms with Crippen LogP contribution in [0.25, 0.3) is 0 Å². The summed E-state index contributed by atoms with van der Waals surface area (Å²) in [5, 5.41) is 12.2. The fraction of sp³-hybridized carbons (Fsp3) is 1.00. The van der Waals surface area contributed by atoms with Crippen LogP contribution in [-0.4, -0.2) is 49.8 Å². The highest BCUT2D eigenvalue weighted by molar-refractivity contribution is 4.74. The first-order valence-corrected chi connectivity index (χ1v) is 6.23. The highest BCUT2D eigenvalue weighted by Gasteiger charge is 2.18. The van der Waals surface area contributed by atoms with E-state index in [0.717, 1.165) is 18.9 Å². The summed E-state index contributed by atoms with van der Waals surface area (Å²) >= 11 is 0. The first-order valence-electron chi connectivity index (χ1n) is 6.23. The number of hydrogen-bond donors (Lipinski definition) is 2. The highest BCUT2D eigenvalue weighted by Crippen LogP contribution is 2.25. The minimum absolute atomic E-state index is 0.281. The number of likely N-dealkylation sites (N-methyl/N-ethyl adjacent to an activating group) is 2. The van der Waals surface area contributed by atoms with Crippen LogP contribution < -0.4 is 5.32 Å². The number of nitrogens with zero attached hydrogens (tertiary/aromatic N) is 1. The third-order valence-corrected chi connectivity index (χ3v) is 3.46. The van der Waals surface area contributed by atoms with Gasteiger partial charge in [0, 0.05) is 25.7 Å². The average molecular weight is 214 g/mol. The van der Waals surface area contributed by atoms with Gasteiger partial charge in [-0.3, -0.25) is 0 Å². The molecule has 1 unspecified atom stereocenters. The molecule has 0 aromatic rings. The van der Waals surface area contributed by atoms with Crippen molar-refractivity contribution in [1.82, 2.24) is 10.2 Å². The van der Waals surface area contributed by atoms with Crippen molar-refractivity contribution in [2.45, 2.75) is 38.1 Å². The molecular formula is C12H26N2O. The van der Waals surface area contributed by atoms with Crippen molar-refractivity contribution in [1.29, 1.82) is 0 Å². The van der Waals surface area contributed by atoms with E-state index in [1.165, 1.54) is 32.2 Å². The first kappa shape index (κ1) is 12.9. The molecule has 15 heavy (non-hydrogen) atoms. The van der Waals surface area contributed by atoms with Gasteiger partial charge in [0.15, 0.2) is 0 Å². The lowest BCUT2D eigenvalue weighted by Crippen LogP contribution is -2.39. The second kappa shape index (κ2) is 7.20. The Bertz CT molecular complexity index is 158. The van der Waals surface area contributed by atoms with Gasteiger partial charge in [-0.1, -0.05) is 12.8 Å². The van der Waals surface area contributed by atoms with Gasteiger partial charge in [0.1, 0.15) is 0 Å². The molecule has 1 rings (SSSR count). The molecule has 0 spiro atoms. The summed E-state index contributed by atoms with van der Waals surface area (Å²) in [5.41, 5.74) is 0. The quantitative estimate of drug-likeness (QED) is 0.665. The molecule has 3 heteroatoms. The maximum absolute atomic E-state index is 8.91. The zero-order chi connectivity index (χ0) is 11.1. The molecule has 90 valence electrons. The van der Waals surface area contributed by atoms with Crippen molar-refractivity contribution in [3.05, 3.63) is 0 Å². The summed E-state index contributed by atoms with van der Waals surface area (Å²) < 4.78 is 0. The zero-order valence-corrected chi connectivity index (χ0v) is 10.2. The Morgan fingerprint density at radius 2 is 2.07 bits per heavy atom. The van der Waals surface area contributed by atoms with Gasteiger partial charge < -0.3 is 15.3 Å². The summed E-state index contributed by atoms with van der Waals surface area (Å²) in [5.74, 6) is 0.918. The first-order chi connectivity index (χ1) is 7.26. The SMILES string of the molecule is CNC(CCO)CN(C)CC1CCCC1. The van der Waals surface area contributed by atoms with Gasteiger partial charge in [-0.2, -0.15) is 0 Å². The van der Waals surface area contributed by atoms with Crippen molar-refractivity contribution in [3.63, 3.8) is 0 Å². The van der Waals surface area contributed by atoms with Crippen molar-refractivity contribution in [2.24, 2.45) is 5.92 Å². The zero-order valence-electron chi connectivity index (χ0n) is 10.2. The number of rotatable bonds is 7. The average Bonchev–Trinajstić information content (AvgIpc) is 2.69. The lowest BCUT2D eigenvalue weighted by molar-refractivity contribution is 0.217. The molecular weight excluding hydrogens is 188 g/mol. The highest BCUT2D eigenvalue weighted by atomic mass is 16.3. The van der Waals surface area contributed by atoms with Gasteiger partial charge in [0.05, 0.1) is 0 Å². The largest absolute Gasteiger partial charge is 0.396 e. The fourth-order valence-electron chi connectivity index (χ4n) is 2.57. The summed E-state index contributed by atoms with van der Waals surface area (Å²) in [7, 11) is 4.17.